The summed E-state index contributed by atoms with van der Waals surface area (Å²) in [6.45, 7) is 2.00. The highest BCUT2D eigenvalue weighted by Gasteiger charge is 2.02. The van der Waals surface area contributed by atoms with Crippen molar-refractivity contribution in [2.75, 3.05) is 0 Å². The lowest BCUT2D eigenvalue weighted by molar-refractivity contribution is 1.16. The molecule has 5 heteroatoms. The number of benzene rings is 1. The number of aromatic nitrogens is 1. The highest BCUT2D eigenvalue weighted by atomic mass is 32.2. The predicted octanol–water partition coefficient (Wildman–Crippen LogP) is 3.03. The van der Waals surface area contributed by atoms with Crippen molar-refractivity contribution < 1.29 is 0 Å². The Morgan fingerprint density at radius 1 is 1.53 bits per heavy atom. The van der Waals surface area contributed by atoms with Gasteiger partial charge < -0.3 is 5.73 Å². The molecule has 3 N–H and O–H groups in total. The maximum atomic E-state index is 7.39. The highest BCUT2D eigenvalue weighted by Crippen LogP contribution is 2.26. The van der Waals surface area contributed by atoms with Gasteiger partial charge in [-0.2, -0.15) is 0 Å². The fourth-order valence-electron chi connectivity index (χ4n) is 1.37. The molecule has 1 aromatic heterocycles. The second kappa shape index (κ2) is 5.33. The lowest BCUT2D eigenvalue weighted by Gasteiger charge is -2.02. The van der Waals surface area contributed by atoms with Crippen LogP contribution in [0.4, 0.5) is 0 Å². The summed E-state index contributed by atoms with van der Waals surface area (Å²) in [5.41, 5.74) is 8.46. The fourth-order valence-corrected chi connectivity index (χ4v) is 3.16. The summed E-state index contributed by atoms with van der Waals surface area (Å²) in [7, 11) is 0. The average Bonchev–Trinajstić information content (AvgIpc) is 2.73. The van der Waals surface area contributed by atoms with Crippen molar-refractivity contribution in [1.82, 2.24) is 4.98 Å². The van der Waals surface area contributed by atoms with Gasteiger partial charge in [-0.05, 0) is 18.6 Å². The van der Waals surface area contributed by atoms with Crippen molar-refractivity contribution in [2.24, 2.45) is 5.73 Å². The Kier molecular flexibility index (Phi) is 3.81. The molecule has 0 aliphatic heterocycles. The molecule has 2 rings (SSSR count). The van der Waals surface area contributed by atoms with E-state index >= 15 is 0 Å². The first-order chi connectivity index (χ1) is 8.15. The van der Waals surface area contributed by atoms with E-state index in [0.29, 0.717) is 0 Å². The minimum Gasteiger partial charge on any atom is -0.384 e. The Bertz CT molecular complexity index is 534. The van der Waals surface area contributed by atoms with E-state index in [9.17, 15) is 0 Å². The first-order valence-corrected chi connectivity index (χ1v) is 7.00. The zero-order valence-corrected chi connectivity index (χ0v) is 11.1. The van der Waals surface area contributed by atoms with Crippen molar-refractivity contribution in [1.29, 1.82) is 5.41 Å². The maximum absolute atomic E-state index is 7.39. The number of nitrogens with two attached hydrogens (primary N) is 1. The average molecular weight is 263 g/mol. The van der Waals surface area contributed by atoms with Crippen LogP contribution in [-0.2, 0) is 5.75 Å². The fraction of sp³-hybridized carbons (Fsp3) is 0.167. The molecule has 0 aliphatic rings. The van der Waals surface area contributed by atoms with Gasteiger partial charge >= 0.3 is 0 Å². The van der Waals surface area contributed by atoms with Gasteiger partial charge in [0.15, 0.2) is 0 Å². The molecular weight excluding hydrogens is 250 g/mol. The summed E-state index contributed by atoms with van der Waals surface area (Å²) in [6.07, 6.45) is 0. The number of amidine groups is 1. The molecule has 0 spiro atoms. The van der Waals surface area contributed by atoms with Gasteiger partial charge in [0.05, 0.1) is 0 Å². The van der Waals surface area contributed by atoms with Gasteiger partial charge in [0.25, 0.3) is 0 Å². The van der Waals surface area contributed by atoms with Crippen molar-refractivity contribution in [3.63, 3.8) is 0 Å². The predicted molar refractivity (Wildman–Crippen MR) is 73.9 cm³/mol. The molecule has 2 aromatic rings. The number of nitrogens with one attached hydrogen (secondary N) is 1. The Morgan fingerprint density at radius 2 is 2.35 bits per heavy atom. The molecule has 0 fully saturated rings. The zero-order chi connectivity index (χ0) is 12.3. The minimum absolute atomic E-state index is 0.113. The summed E-state index contributed by atoms with van der Waals surface area (Å²) in [5, 5.41) is 9.44. The van der Waals surface area contributed by atoms with E-state index in [4.69, 9.17) is 11.1 Å². The summed E-state index contributed by atoms with van der Waals surface area (Å²) in [6, 6.07) is 7.78. The summed E-state index contributed by atoms with van der Waals surface area (Å²) in [4.78, 5) is 4.40. The van der Waals surface area contributed by atoms with Gasteiger partial charge in [-0.25, -0.2) is 4.98 Å². The van der Waals surface area contributed by atoms with E-state index < -0.39 is 0 Å². The second-order valence-corrected chi connectivity index (χ2v) is 5.74. The van der Waals surface area contributed by atoms with Crippen LogP contribution in [0.1, 0.15) is 16.8 Å². The molecule has 0 unspecified atom stereocenters. The minimum atomic E-state index is 0.113. The first-order valence-electron chi connectivity index (χ1n) is 5.13. The van der Waals surface area contributed by atoms with E-state index in [0.717, 1.165) is 26.9 Å². The van der Waals surface area contributed by atoms with Crippen LogP contribution in [0.3, 0.4) is 0 Å². The number of hydrogen-bond donors (Lipinski definition) is 2. The Labute approximate surface area is 109 Å². The molecule has 3 nitrogen and oxygen atoms in total. The van der Waals surface area contributed by atoms with Crippen molar-refractivity contribution >= 4 is 28.9 Å². The van der Waals surface area contributed by atoms with E-state index in [1.807, 2.05) is 36.6 Å². The van der Waals surface area contributed by atoms with Crippen molar-refractivity contribution in [3.05, 3.63) is 46.5 Å². The van der Waals surface area contributed by atoms with Gasteiger partial charge in [-0.1, -0.05) is 30.0 Å². The third-order valence-electron chi connectivity index (χ3n) is 2.20. The molecule has 0 atom stereocenters. The maximum Gasteiger partial charge on any atom is 0.150 e. The molecule has 0 aliphatic carbocycles. The largest absolute Gasteiger partial charge is 0.384 e. The summed E-state index contributed by atoms with van der Waals surface area (Å²) in [5.74, 6) is 0.968. The normalized spacial score (nSPS) is 10.4. The van der Waals surface area contributed by atoms with Crippen molar-refractivity contribution in [2.45, 2.75) is 17.0 Å². The lowest BCUT2D eigenvalue weighted by Crippen LogP contribution is -2.10. The van der Waals surface area contributed by atoms with Crippen LogP contribution in [0.15, 0.2) is 34.0 Å². The number of nitrogen functional groups attached to an aromatic ring is 1. The topological polar surface area (TPSA) is 62.8 Å². The van der Waals surface area contributed by atoms with Crippen molar-refractivity contribution in [3.8, 4) is 0 Å². The number of rotatable bonds is 4. The number of thioether (sulfide) groups is 1. The third-order valence-corrected chi connectivity index (χ3v) is 4.41. The van der Waals surface area contributed by atoms with Gasteiger partial charge in [0, 0.05) is 22.4 Å². The Hall–Kier alpha value is -1.33. The monoisotopic (exact) mass is 263 g/mol. The quantitative estimate of drug-likeness (QED) is 0.506. The number of nitrogens with zero attached hydrogens (tertiary/aromatic N) is 1. The molecule has 1 aromatic carbocycles. The number of aryl methyl sites for hydroxylation is 1. The van der Waals surface area contributed by atoms with Crippen LogP contribution in [0.25, 0.3) is 0 Å². The highest BCUT2D eigenvalue weighted by molar-refractivity contribution is 8.00. The van der Waals surface area contributed by atoms with Crippen LogP contribution in [-0.4, -0.2) is 10.8 Å². The molecule has 17 heavy (non-hydrogen) atoms. The van der Waals surface area contributed by atoms with Crippen LogP contribution in [0, 0.1) is 12.3 Å². The molecule has 88 valence electrons. The van der Waals surface area contributed by atoms with Crippen LogP contribution < -0.4 is 5.73 Å². The molecule has 0 amide bonds. The van der Waals surface area contributed by atoms with Gasteiger partial charge in [0.1, 0.15) is 10.2 Å². The van der Waals surface area contributed by atoms with Gasteiger partial charge in [-0.3, -0.25) is 5.41 Å². The van der Waals surface area contributed by atoms with Crippen LogP contribution in [0.2, 0.25) is 0 Å². The van der Waals surface area contributed by atoms with Gasteiger partial charge in [-0.15, -0.1) is 11.3 Å². The standard InChI is InChI=1S/C12H13N3S2/c1-8-6-16-12(15-8)17-7-9-3-2-4-10(5-9)11(13)14/h2-6H,7H2,1H3,(H3,13,14). The molecule has 0 saturated carbocycles. The van der Waals surface area contributed by atoms with E-state index in [2.05, 4.69) is 4.98 Å². The SMILES string of the molecule is Cc1csc(SCc2cccc(C(=N)N)c2)n1. The molecule has 0 saturated heterocycles. The molecular formula is C12H13N3S2. The van der Waals surface area contributed by atoms with E-state index in [-0.39, 0.29) is 5.84 Å². The zero-order valence-electron chi connectivity index (χ0n) is 9.43. The van der Waals surface area contributed by atoms with Crippen LogP contribution in [0.5, 0.6) is 0 Å². The third kappa shape index (κ3) is 3.31. The first kappa shape index (κ1) is 12.1. The van der Waals surface area contributed by atoms with E-state index in [1.54, 1.807) is 23.1 Å². The molecule has 1 heterocycles. The lowest BCUT2D eigenvalue weighted by atomic mass is 10.1. The molecule has 0 radical (unpaired) electrons. The second-order valence-electron chi connectivity index (χ2n) is 3.66. The van der Waals surface area contributed by atoms with Crippen LogP contribution >= 0.6 is 23.1 Å². The summed E-state index contributed by atoms with van der Waals surface area (Å²) < 4.78 is 1.08. The molecule has 0 bridgehead atoms. The smallest absolute Gasteiger partial charge is 0.150 e. The number of hydrogen-bond acceptors (Lipinski definition) is 4. The summed E-state index contributed by atoms with van der Waals surface area (Å²) >= 11 is 3.38. The number of thiazole rings is 1. The van der Waals surface area contributed by atoms with Gasteiger partial charge in [0.2, 0.25) is 0 Å². The Balaban J connectivity index is 2.04. The van der Waals surface area contributed by atoms with E-state index in [1.165, 1.54) is 0 Å². The Morgan fingerprint density at radius 3 is 3.00 bits per heavy atom.